The second kappa shape index (κ2) is 10.1. The summed E-state index contributed by atoms with van der Waals surface area (Å²) in [5.74, 6) is -0.00980. The van der Waals surface area contributed by atoms with Crippen LogP contribution in [0.2, 0.25) is 0 Å². The summed E-state index contributed by atoms with van der Waals surface area (Å²) in [6.07, 6.45) is 3.62. The van der Waals surface area contributed by atoms with Crippen LogP contribution in [0.4, 0.5) is 0 Å². The Morgan fingerprint density at radius 2 is 1.88 bits per heavy atom. The molecule has 0 radical (unpaired) electrons. The molecule has 0 unspecified atom stereocenters. The number of rotatable bonds is 9. The average molecular weight is 349 g/mol. The van der Waals surface area contributed by atoms with E-state index in [1.165, 1.54) is 6.92 Å². The molecule has 4 heteroatoms. The van der Waals surface area contributed by atoms with E-state index in [9.17, 15) is 4.79 Å². The molecule has 0 aliphatic heterocycles. The third kappa shape index (κ3) is 6.52. The SMILES string of the molecule is C=C(C)N=C(/C=C(\C)C(C)=O)C(=C)N[C@@H](CCC)c1ccc(C#N)cc1. The van der Waals surface area contributed by atoms with Gasteiger partial charge in [0.1, 0.15) is 0 Å². The minimum Gasteiger partial charge on any atom is -0.377 e. The van der Waals surface area contributed by atoms with Gasteiger partial charge in [0, 0.05) is 5.70 Å². The molecule has 0 aromatic heterocycles. The Bertz CT molecular complexity index is 777. The van der Waals surface area contributed by atoms with Crippen molar-refractivity contribution < 1.29 is 4.79 Å². The molecule has 0 heterocycles. The summed E-state index contributed by atoms with van der Waals surface area (Å²) in [5.41, 5.74) is 4.19. The Hall–Kier alpha value is -2.93. The largest absolute Gasteiger partial charge is 0.377 e. The van der Waals surface area contributed by atoms with Gasteiger partial charge in [-0.15, -0.1) is 0 Å². The number of benzene rings is 1. The van der Waals surface area contributed by atoms with Gasteiger partial charge in [0.2, 0.25) is 0 Å². The topological polar surface area (TPSA) is 65.2 Å². The highest BCUT2D eigenvalue weighted by Crippen LogP contribution is 2.21. The van der Waals surface area contributed by atoms with E-state index in [0.717, 1.165) is 18.4 Å². The van der Waals surface area contributed by atoms with E-state index in [2.05, 4.69) is 36.5 Å². The first kappa shape index (κ1) is 21.1. The van der Waals surface area contributed by atoms with Crippen molar-refractivity contribution in [2.75, 3.05) is 0 Å². The lowest BCUT2D eigenvalue weighted by Crippen LogP contribution is -2.24. The van der Waals surface area contributed by atoms with E-state index in [1.54, 1.807) is 19.9 Å². The molecule has 0 spiro atoms. The number of nitrogens with one attached hydrogen (secondary N) is 1. The summed E-state index contributed by atoms with van der Waals surface area (Å²) in [6, 6.07) is 9.70. The number of nitriles is 1. The number of aliphatic imine (C=N–C) groups is 1. The molecule has 26 heavy (non-hydrogen) atoms. The minimum absolute atomic E-state index is 0.00980. The first-order valence-electron chi connectivity index (χ1n) is 8.67. The zero-order valence-electron chi connectivity index (χ0n) is 16.1. The van der Waals surface area contributed by atoms with E-state index in [-0.39, 0.29) is 11.8 Å². The van der Waals surface area contributed by atoms with Crippen LogP contribution in [-0.4, -0.2) is 11.5 Å². The van der Waals surface area contributed by atoms with Crippen molar-refractivity contribution in [3.63, 3.8) is 0 Å². The maximum Gasteiger partial charge on any atom is 0.155 e. The van der Waals surface area contributed by atoms with E-state index in [0.29, 0.717) is 28.2 Å². The van der Waals surface area contributed by atoms with Crippen LogP contribution in [-0.2, 0) is 4.79 Å². The zero-order chi connectivity index (χ0) is 19.7. The van der Waals surface area contributed by atoms with E-state index < -0.39 is 0 Å². The molecule has 0 fully saturated rings. The number of Topliss-reactive ketones (excluding diaryl/α,β-unsaturated/α-hetero) is 1. The zero-order valence-corrected chi connectivity index (χ0v) is 16.1. The molecule has 4 nitrogen and oxygen atoms in total. The fourth-order valence-electron chi connectivity index (χ4n) is 2.38. The van der Waals surface area contributed by atoms with E-state index in [1.807, 2.05) is 24.3 Å². The van der Waals surface area contributed by atoms with Gasteiger partial charge in [0.05, 0.1) is 29.1 Å². The summed E-state index contributed by atoms with van der Waals surface area (Å²) >= 11 is 0. The van der Waals surface area contributed by atoms with Gasteiger partial charge in [-0.05, 0) is 56.5 Å². The van der Waals surface area contributed by atoms with Crippen molar-refractivity contribution in [2.45, 2.75) is 46.6 Å². The Labute approximate surface area is 156 Å². The molecule has 0 aliphatic rings. The third-order valence-corrected chi connectivity index (χ3v) is 3.90. The molecule has 1 atom stereocenters. The number of allylic oxidation sites excluding steroid dienone is 3. The molecule has 0 saturated heterocycles. The Morgan fingerprint density at radius 3 is 2.35 bits per heavy atom. The summed E-state index contributed by atoms with van der Waals surface area (Å²) in [5, 5.41) is 12.4. The Morgan fingerprint density at radius 1 is 1.27 bits per heavy atom. The summed E-state index contributed by atoms with van der Waals surface area (Å²) in [6.45, 7) is 15.1. The molecule has 1 rings (SSSR count). The highest BCUT2D eigenvalue weighted by molar-refractivity contribution is 6.12. The van der Waals surface area contributed by atoms with Crippen molar-refractivity contribution in [2.24, 2.45) is 4.99 Å². The maximum atomic E-state index is 11.6. The summed E-state index contributed by atoms with van der Waals surface area (Å²) in [4.78, 5) is 16.0. The van der Waals surface area contributed by atoms with Gasteiger partial charge in [-0.1, -0.05) is 38.6 Å². The normalized spacial score (nSPS) is 12.9. The van der Waals surface area contributed by atoms with Gasteiger partial charge in [-0.2, -0.15) is 5.26 Å². The highest BCUT2D eigenvalue weighted by Gasteiger charge is 2.14. The van der Waals surface area contributed by atoms with Crippen LogP contribution in [0.5, 0.6) is 0 Å². The number of nitrogens with zero attached hydrogens (tertiary/aromatic N) is 2. The van der Waals surface area contributed by atoms with Gasteiger partial charge in [0.25, 0.3) is 0 Å². The summed E-state index contributed by atoms with van der Waals surface area (Å²) in [7, 11) is 0. The van der Waals surface area contributed by atoms with Crippen molar-refractivity contribution in [3.05, 3.63) is 71.6 Å². The Balaban J connectivity index is 3.12. The lowest BCUT2D eigenvalue weighted by Gasteiger charge is -2.22. The highest BCUT2D eigenvalue weighted by atomic mass is 16.1. The van der Waals surface area contributed by atoms with Crippen LogP contribution in [0.3, 0.4) is 0 Å². The van der Waals surface area contributed by atoms with Gasteiger partial charge >= 0.3 is 0 Å². The van der Waals surface area contributed by atoms with Crippen LogP contribution >= 0.6 is 0 Å². The van der Waals surface area contributed by atoms with Crippen LogP contribution in [0.15, 0.2) is 65.5 Å². The Kier molecular flexibility index (Phi) is 8.24. The fourth-order valence-corrected chi connectivity index (χ4v) is 2.38. The van der Waals surface area contributed by atoms with Crippen LogP contribution in [0, 0.1) is 11.3 Å². The van der Waals surface area contributed by atoms with Gasteiger partial charge < -0.3 is 5.32 Å². The molecule has 1 aromatic carbocycles. The molecule has 0 bridgehead atoms. The summed E-state index contributed by atoms with van der Waals surface area (Å²) < 4.78 is 0. The van der Waals surface area contributed by atoms with E-state index in [4.69, 9.17) is 5.26 Å². The first-order valence-corrected chi connectivity index (χ1v) is 8.67. The second-order valence-corrected chi connectivity index (χ2v) is 6.31. The molecule has 1 aromatic rings. The van der Waals surface area contributed by atoms with Gasteiger partial charge in [-0.25, -0.2) is 0 Å². The molecular weight excluding hydrogens is 322 g/mol. The second-order valence-electron chi connectivity index (χ2n) is 6.31. The lowest BCUT2D eigenvalue weighted by molar-refractivity contribution is -0.113. The number of carbonyl (C=O) groups is 1. The maximum absolute atomic E-state index is 11.6. The number of ketones is 1. The molecular formula is C22H27N3O. The van der Waals surface area contributed by atoms with Crippen molar-refractivity contribution in [1.29, 1.82) is 5.26 Å². The standard InChI is InChI=1S/C22H27N3O/c1-7-8-21(20-11-9-19(14-23)10-12-20)25-17(5)22(24-15(2)3)13-16(4)18(6)26/h9-13,21,25H,2,5,7-8H2,1,3-4,6H3/b16-13+,24-22?/t21-/m0/s1. The molecule has 0 saturated carbocycles. The minimum atomic E-state index is -0.00980. The van der Waals surface area contributed by atoms with Crippen molar-refractivity contribution in [3.8, 4) is 6.07 Å². The monoisotopic (exact) mass is 349 g/mol. The number of hydrogen-bond donors (Lipinski definition) is 1. The predicted octanol–water partition coefficient (Wildman–Crippen LogP) is 5.01. The van der Waals surface area contributed by atoms with Crippen molar-refractivity contribution in [1.82, 2.24) is 5.32 Å². The van der Waals surface area contributed by atoms with Gasteiger partial charge in [0.15, 0.2) is 5.78 Å². The smallest absolute Gasteiger partial charge is 0.155 e. The van der Waals surface area contributed by atoms with Crippen molar-refractivity contribution >= 4 is 11.5 Å². The molecule has 0 amide bonds. The van der Waals surface area contributed by atoms with Crippen LogP contribution < -0.4 is 5.32 Å². The van der Waals surface area contributed by atoms with E-state index >= 15 is 0 Å². The van der Waals surface area contributed by atoms with Gasteiger partial charge in [-0.3, -0.25) is 9.79 Å². The molecule has 0 aliphatic carbocycles. The molecule has 136 valence electrons. The van der Waals surface area contributed by atoms with Crippen LogP contribution in [0.1, 0.15) is 57.7 Å². The predicted molar refractivity (Wildman–Crippen MR) is 108 cm³/mol. The quantitative estimate of drug-likeness (QED) is 0.503. The fraction of sp³-hybridized carbons (Fsp3) is 0.318. The number of hydrogen-bond acceptors (Lipinski definition) is 4. The average Bonchev–Trinajstić information content (AvgIpc) is 2.60. The third-order valence-electron chi connectivity index (χ3n) is 3.90. The molecule has 1 N–H and O–H groups in total. The lowest BCUT2D eigenvalue weighted by atomic mass is 10.00. The number of carbonyl (C=O) groups excluding carboxylic acids is 1. The van der Waals surface area contributed by atoms with Crippen LogP contribution in [0.25, 0.3) is 0 Å². The first-order chi connectivity index (χ1) is 12.3.